The summed E-state index contributed by atoms with van der Waals surface area (Å²) in [5.41, 5.74) is 1.87. The van der Waals surface area contributed by atoms with E-state index >= 15 is 0 Å². The van der Waals surface area contributed by atoms with Crippen molar-refractivity contribution in [3.63, 3.8) is 0 Å². The van der Waals surface area contributed by atoms with E-state index in [0.29, 0.717) is 18.8 Å². The van der Waals surface area contributed by atoms with Gasteiger partial charge >= 0.3 is 0 Å². The summed E-state index contributed by atoms with van der Waals surface area (Å²) < 4.78 is 5.81. The number of nitrogens with one attached hydrogen (secondary N) is 1. The molecule has 0 aliphatic carbocycles. The molecule has 2 heterocycles. The molecule has 31 heavy (non-hydrogen) atoms. The molecule has 0 unspecified atom stereocenters. The van der Waals surface area contributed by atoms with Gasteiger partial charge in [0.2, 0.25) is 11.8 Å². The third kappa shape index (κ3) is 5.24. The smallest absolute Gasteiger partial charge is 0.244 e. The van der Waals surface area contributed by atoms with Crippen LogP contribution in [-0.2, 0) is 22.7 Å². The van der Waals surface area contributed by atoms with Gasteiger partial charge in [0.05, 0.1) is 0 Å². The first-order chi connectivity index (χ1) is 15.1. The van der Waals surface area contributed by atoms with Crippen molar-refractivity contribution in [3.8, 4) is 11.5 Å². The van der Waals surface area contributed by atoms with Gasteiger partial charge in [-0.1, -0.05) is 30.3 Å². The van der Waals surface area contributed by atoms with E-state index in [9.17, 15) is 9.59 Å². The summed E-state index contributed by atoms with van der Waals surface area (Å²) in [6.45, 7) is 0.723. The Labute approximate surface area is 186 Å². The van der Waals surface area contributed by atoms with E-state index in [1.54, 1.807) is 17.3 Å². The zero-order valence-electron chi connectivity index (χ0n) is 16.8. The summed E-state index contributed by atoms with van der Waals surface area (Å²) in [6, 6.07) is 20.1. The molecule has 1 saturated heterocycles. The van der Waals surface area contributed by atoms with Gasteiger partial charge in [-0.3, -0.25) is 14.6 Å². The van der Waals surface area contributed by atoms with E-state index < -0.39 is 6.04 Å². The van der Waals surface area contributed by atoms with Gasteiger partial charge in [-0.25, -0.2) is 0 Å². The average molecular weight is 434 g/mol. The molecule has 0 bridgehead atoms. The third-order valence-electron chi connectivity index (χ3n) is 5.14. The van der Waals surface area contributed by atoms with Crippen LogP contribution in [-0.4, -0.2) is 33.0 Å². The second kappa shape index (κ2) is 9.66. The van der Waals surface area contributed by atoms with Crippen LogP contribution in [0.5, 0.6) is 11.5 Å². The van der Waals surface area contributed by atoms with Gasteiger partial charge in [-0.05, 0) is 47.5 Å². The molecule has 0 saturated carbocycles. The largest absolute Gasteiger partial charge is 0.457 e. The molecule has 2 amide bonds. The van der Waals surface area contributed by atoms with Gasteiger partial charge < -0.3 is 15.0 Å². The lowest BCUT2D eigenvalue weighted by Gasteiger charge is -2.26. The molecule has 1 aromatic heterocycles. The fourth-order valence-electron chi connectivity index (χ4n) is 3.55. The normalized spacial score (nSPS) is 18.1. The highest BCUT2D eigenvalue weighted by Gasteiger charge is 2.42. The number of amides is 2. The van der Waals surface area contributed by atoms with Gasteiger partial charge in [0.15, 0.2) is 0 Å². The van der Waals surface area contributed by atoms with Crippen LogP contribution >= 0.6 is 12.6 Å². The van der Waals surface area contributed by atoms with Crippen molar-refractivity contribution in [1.29, 1.82) is 0 Å². The van der Waals surface area contributed by atoms with Crippen molar-refractivity contribution in [2.45, 2.75) is 30.8 Å². The number of rotatable bonds is 7. The standard InChI is InChI=1S/C24H23N3O3S/c28-22-14-21(31)23(24(29)26-15-17-10-12-25-13-11-17)27(22)16-18-6-8-20(9-7-18)30-19-4-2-1-3-5-19/h1-13,21,23,31H,14-16H2,(H,26,29)/t21-,23-/m1/s1. The maximum absolute atomic E-state index is 12.8. The fraction of sp³-hybridized carbons (Fsp3) is 0.208. The molecule has 4 rings (SSSR count). The summed E-state index contributed by atoms with van der Waals surface area (Å²) in [5, 5.41) is 2.57. The molecule has 1 fully saturated rings. The highest BCUT2D eigenvalue weighted by molar-refractivity contribution is 7.81. The van der Waals surface area contributed by atoms with Crippen LogP contribution in [0.15, 0.2) is 79.1 Å². The molecule has 7 heteroatoms. The molecular formula is C24H23N3O3S. The van der Waals surface area contributed by atoms with Gasteiger partial charge in [0.1, 0.15) is 17.5 Å². The number of benzene rings is 2. The number of hydrogen-bond donors (Lipinski definition) is 2. The highest BCUT2D eigenvalue weighted by atomic mass is 32.1. The zero-order chi connectivity index (χ0) is 21.6. The Kier molecular flexibility index (Phi) is 6.52. The number of carbonyl (C=O) groups excluding carboxylic acids is 2. The summed E-state index contributed by atoms with van der Waals surface area (Å²) in [6.07, 6.45) is 3.60. The van der Waals surface area contributed by atoms with Crippen LogP contribution in [0.25, 0.3) is 0 Å². The highest BCUT2D eigenvalue weighted by Crippen LogP contribution is 2.27. The third-order valence-corrected chi connectivity index (χ3v) is 5.61. The first-order valence-electron chi connectivity index (χ1n) is 10.1. The quantitative estimate of drug-likeness (QED) is 0.559. The summed E-state index contributed by atoms with van der Waals surface area (Å²) in [7, 11) is 0. The van der Waals surface area contributed by atoms with Crippen molar-refractivity contribution in [1.82, 2.24) is 15.2 Å². The molecule has 0 spiro atoms. The van der Waals surface area contributed by atoms with E-state index in [4.69, 9.17) is 4.74 Å². The van der Waals surface area contributed by atoms with E-state index in [0.717, 1.165) is 16.9 Å². The number of likely N-dealkylation sites (tertiary alicyclic amines) is 1. The molecular weight excluding hydrogens is 410 g/mol. The first-order valence-corrected chi connectivity index (χ1v) is 10.6. The minimum atomic E-state index is -0.613. The van der Waals surface area contributed by atoms with Crippen molar-refractivity contribution >= 4 is 24.4 Å². The van der Waals surface area contributed by atoms with Gasteiger partial charge in [-0.2, -0.15) is 12.6 Å². The summed E-state index contributed by atoms with van der Waals surface area (Å²) in [4.78, 5) is 31.0. The zero-order valence-corrected chi connectivity index (χ0v) is 17.7. The van der Waals surface area contributed by atoms with Crippen LogP contribution in [0.3, 0.4) is 0 Å². The van der Waals surface area contributed by atoms with Crippen LogP contribution in [0.1, 0.15) is 17.5 Å². The van der Waals surface area contributed by atoms with Crippen molar-refractivity contribution in [2.75, 3.05) is 0 Å². The number of carbonyl (C=O) groups is 2. The van der Waals surface area contributed by atoms with Gasteiger partial charge in [0.25, 0.3) is 0 Å². The van der Waals surface area contributed by atoms with Crippen LogP contribution in [0, 0.1) is 0 Å². The van der Waals surface area contributed by atoms with Crippen LogP contribution in [0.4, 0.5) is 0 Å². The molecule has 1 N–H and O–H groups in total. The number of ether oxygens (including phenoxy) is 1. The second-order valence-corrected chi connectivity index (χ2v) is 8.03. The minimum Gasteiger partial charge on any atom is -0.457 e. The Morgan fingerprint density at radius 2 is 1.68 bits per heavy atom. The summed E-state index contributed by atoms with van der Waals surface area (Å²) >= 11 is 4.51. The molecule has 1 aliphatic rings. The average Bonchev–Trinajstić information content (AvgIpc) is 3.07. The monoisotopic (exact) mass is 433 g/mol. The number of pyridine rings is 1. The first kappa shape index (κ1) is 20.9. The predicted octanol–water partition coefficient (Wildman–Crippen LogP) is 3.59. The predicted molar refractivity (Wildman–Crippen MR) is 121 cm³/mol. The Morgan fingerprint density at radius 3 is 2.39 bits per heavy atom. The Bertz CT molecular complexity index is 1030. The molecule has 2 aromatic carbocycles. The van der Waals surface area contributed by atoms with Gasteiger partial charge in [0, 0.05) is 37.2 Å². The summed E-state index contributed by atoms with van der Waals surface area (Å²) in [5.74, 6) is 1.19. The number of para-hydroxylation sites is 1. The maximum Gasteiger partial charge on any atom is 0.244 e. The SMILES string of the molecule is O=C(NCc1ccncc1)[C@H]1[C@H](S)CC(=O)N1Cc1ccc(Oc2ccccc2)cc1. The molecule has 6 nitrogen and oxygen atoms in total. The number of hydrogen-bond acceptors (Lipinski definition) is 5. The lowest BCUT2D eigenvalue weighted by Crippen LogP contribution is -2.47. The van der Waals surface area contributed by atoms with E-state index in [1.165, 1.54) is 0 Å². The lowest BCUT2D eigenvalue weighted by molar-refractivity contribution is -0.135. The minimum absolute atomic E-state index is 0.0753. The van der Waals surface area contributed by atoms with E-state index in [-0.39, 0.29) is 23.5 Å². The topological polar surface area (TPSA) is 71.5 Å². The van der Waals surface area contributed by atoms with Crippen molar-refractivity contribution in [2.24, 2.45) is 0 Å². The van der Waals surface area contributed by atoms with Crippen molar-refractivity contribution in [3.05, 3.63) is 90.3 Å². The Hall–Kier alpha value is -3.32. The molecule has 1 aliphatic heterocycles. The Morgan fingerprint density at radius 1 is 1.00 bits per heavy atom. The number of aromatic nitrogens is 1. The Balaban J connectivity index is 1.40. The van der Waals surface area contributed by atoms with Crippen LogP contribution < -0.4 is 10.1 Å². The van der Waals surface area contributed by atoms with Crippen molar-refractivity contribution < 1.29 is 14.3 Å². The van der Waals surface area contributed by atoms with E-state index in [1.807, 2.05) is 66.7 Å². The molecule has 0 radical (unpaired) electrons. The van der Waals surface area contributed by atoms with Gasteiger partial charge in [-0.15, -0.1) is 0 Å². The number of thiol groups is 1. The van der Waals surface area contributed by atoms with E-state index in [2.05, 4.69) is 22.9 Å². The fourth-order valence-corrected chi connectivity index (χ4v) is 4.00. The number of nitrogens with zero attached hydrogens (tertiary/aromatic N) is 2. The lowest BCUT2D eigenvalue weighted by atomic mass is 10.1. The second-order valence-electron chi connectivity index (χ2n) is 7.37. The maximum atomic E-state index is 12.8. The molecule has 158 valence electrons. The molecule has 2 atom stereocenters. The molecule has 3 aromatic rings. The van der Waals surface area contributed by atoms with Crippen LogP contribution in [0.2, 0.25) is 0 Å².